The monoisotopic (exact) mass is 521 g/mol. The molecule has 2 N–H and O–H groups in total. The Morgan fingerprint density at radius 1 is 1.35 bits per heavy atom. The summed E-state index contributed by atoms with van der Waals surface area (Å²) >= 11 is 1.45. The van der Waals surface area contributed by atoms with Crippen molar-refractivity contribution in [2.75, 3.05) is 19.0 Å². The second-order valence-electron chi connectivity index (χ2n) is 9.26. The van der Waals surface area contributed by atoms with Gasteiger partial charge in [-0.25, -0.2) is 4.79 Å². The fraction of sp³-hybridized carbons (Fsp3) is 0.407. The summed E-state index contributed by atoms with van der Waals surface area (Å²) in [5, 5.41) is 20.2. The molecule has 1 aliphatic rings. The van der Waals surface area contributed by atoms with Crippen LogP contribution in [0.15, 0.2) is 36.5 Å². The number of nitrogens with zero attached hydrogens (tertiary/aromatic N) is 3. The number of nitrogens with one attached hydrogen (secondary N) is 2. The van der Waals surface area contributed by atoms with Gasteiger partial charge < -0.3 is 20.1 Å². The molecular weight excluding hydrogens is 490 g/mol. The van der Waals surface area contributed by atoms with Crippen LogP contribution in [0.5, 0.6) is 5.75 Å². The van der Waals surface area contributed by atoms with Gasteiger partial charge in [0.2, 0.25) is 5.91 Å². The molecular formula is C27H31N5O4S. The highest BCUT2D eigenvalue weighted by Gasteiger charge is 2.27. The molecule has 2 amide bonds. The zero-order valence-electron chi connectivity index (χ0n) is 21.2. The second kappa shape index (κ2) is 11.9. The van der Waals surface area contributed by atoms with Crippen LogP contribution in [0.2, 0.25) is 0 Å². The van der Waals surface area contributed by atoms with Crippen LogP contribution >= 0.6 is 11.3 Å². The van der Waals surface area contributed by atoms with Crippen molar-refractivity contribution >= 4 is 28.3 Å². The number of benzene rings is 1. The number of aromatic nitrogens is 2. The molecule has 0 saturated carbocycles. The quantitative estimate of drug-likeness (QED) is 0.427. The van der Waals surface area contributed by atoms with Crippen LogP contribution in [0.1, 0.15) is 52.9 Å². The van der Waals surface area contributed by atoms with Crippen LogP contribution in [0.3, 0.4) is 0 Å². The lowest BCUT2D eigenvalue weighted by molar-refractivity contribution is -0.116. The first-order valence-corrected chi connectivity index (χ1v) is 13.1. The average Bonchev–Trinajstić information content (AvgIpc) is 3.47. The number of fused-ring (bicyclic) bond motifs is 1. The third-order valence-electron chi connectivity index (χ3n) is 6.67. The van der Waals surface area contributed by atoms with Gasteiger partial charge in [0.05, 0.1) is 31.5 Å². The van der Waals surface area contributed by atoms with E-state index in [2.05, 4.69) is 21.8 Å². The lowest BCUT2D eigenvalue weighted by Gasteiger charge is -2.21. The topological polar surface area (TPSA) is 118 Å². The highest BCUT2D eigenvalue weighted by molar-refractivity contribution is 7.16. The van der Waals surface area contributed by atoms with Crippen molar-refractivity contribution in [3.8, 4) is 11.8 Å². The number of methoxy groups -OCH3 is 1. The number of thiophene rings is 1. The van der Waals surface area contributed by atoms with Crippen molar-refractivity contribution in [3.05, 3.63) is 63.8 Å². The van der Waals surface area contributed by atoms with E-state index in [4.69, 9.17) is 9.47 Å². The van der Waals surface area contributed by atoms with E-state index in [0.717, 1.165) is 40.3 Å². The van der Waals surface area contributed by atoms with Crippen LogP contribution in [0, 0.1) is 17.2 Å². The molecule has 2 unspecified atom stereocenters. The first-order valence-electron chi connectivity index (χ1n) is 12.2. The van der Waals surface area contributed by atoms with Crippen molar-refractivity contribution in [1.82, 2.24) is 15.1 Å². The molecule has 2 aromatic heterocycles. The summed E-state index contributed by atoms with van der Waals surface area (Å²) < 4.78 is 12.4. The van der Waals surface area contributed by atoms with Crippen molar-refractivity contribution < 1.29 is 19.1 Å². The zero-order valence-corrected chi connectivity index (χ0v) is 22.1. The predicted molar refractivity (Wildman–Crippen MR) is 141 cm³/mol. The lowest BCUT2D eigenvalue weighted by atomic mass is 9.88. The summed E-state index contributed by atoms with van der Waals surface area (Å²) in [6.07, 6.45) is 3.75. The number of anilines is 1. The van der Waals surface area contributed by atoms with Crippen molar-refractivity contribution in [2.24, 2.45) is 13.0 Å². The third-order valence-corrected chi connectivity index (χ3v) is 7.84. The van der Waals surface area contributed by atoms with Crippen molar-refractivity contribution in [2.45, 2.75) is 45.1 Å². The molecule has 0 radical (unpaired) electrons. The summed E-state index contributed by atoms with van der Waals surface area (Å²) in [7, 11) is 3.43. The minimum absolute atomic E-state index is 0.000725. The largest absolute Gasteiger partial charge is 0.497 e. The fourth-order valence-corrected chi connectivity index (χ4v) is 5.84. The molecule has 0 fully saturated rings. The van der Waals surface area contributed by atoms with E-state index < -0.39 is 6.09 Å². The van der Waals surface area contributed by atoms with Gasteiger partial charge in [-0.3, -0.25) is 9.48 Å². The standard InChI is InChI=1S/C27H31N5O4S/c1-17(19-5-4-6-21(13-19)35-3)11-25(33)31-26-23(14-28)22-8-7-18(12-24(22)37-26)16-36-27(34)29-15-20-9-10-30-32(20)2/h4-6,9-10,13,17-18H,7-8,11-12,15-16H2,1-3H3,(H,29,34)(H,31,33). The summed E-state index contributed by atoms with van der Waals surface area (Å²) in [6.45, 7) is 2.65. The Bertz CT molecular complexity index is 1310. The maximum atomic E-state index is 12.8. The number of rotatable bonds is 9. The number of alkyl carbamates (subject to hydrolysis) is 1. The molecule has 37 heavy (non-hydrogen) atoms. The van der Waals surface area contributed by atoms with Crippen molar-refractivity contribution in [1.29, 1.82) is 5.26 Å². The van der Waals surface area contributed by atoms with Crippen molar-refractivity contribution in [3.63, 3.8) is 0 Å². The minimum atomic E-state index is -0.464. The van der Waals surface area contributed by atoms with Crippen LogP contribution in [-0.4, -0.2) is 35.5 Å². The number of carbonyl (C=O) groups is 2. The third kappa shape index (κ3) is 6.49. The van der Waals surface area contributed by atoms with E-state index in [-0.39, 0.29) is 17.7 Å². The Morgan fingerprint density at radius 3 is 2.92 bits per heavy atom. The van der Waals surface area contributed by atoms with E-state index in [1.54, 1.807) is 18.0 Å². The van der Waals surface area contributed by atoms with E-state index in [9.17, 15) is 14.9 Å². The minimum Gasteiger partial charge on any atom is -0.497 e. The number of hydrogen-bond acceptors (Lipinski definition) is 7. The lowest BCUT2D eigenvalue weighted by Crippen LogP contribution is -2.28. The Hall–Kier alpha value is -3.84. The molecule has 0 spiro atoms. The summed E-state index contributed by atoms with van der Waals surface area (Å²) in [5.74, 6) is 0.792. The first-order chi connectivity index (χ1) is 17.9. The zero-order chi connectivity index (χ0) is 26.4. The van der Waals surface area contributed by atoms with E-state index >= 15 is 0 Å². The molecule has 194 valence electrons. The predicted octanol–water partition coefficient (Wildman–Crippen LogP) is 4.53. The number of amides is 2. The maximum absolute atomic E-state index is 12.8. The summed E-state index contributed by atoms with van der Waals surface area (Å²) in [4.78, 5) is 26.0. The van der Waals surface area contributed by atoms with E-state index in [0.29, 0.717) is 36.6 Å². The molecule has 1 aliphatic carbocycles. The second-order valence-corrected chi connectivity index (χ2v) is 10.4. The van der Waals surface area contributed by atoms with Gasteiger partial charge in [0.1, 0.15) is 16.8 Å². The molecule has 2 heterocycles. The van der Waals surface area contributed by atoms with Gasteiger partial charge in [-0.2, -0.15) is 10.4 Å². The molecule has 0 bridgehead atoms. The Balaban J connectivity index is 1.31. The molecule has 3 aromatic rings. The van der Waals surface area contributed by atoms with Gasteiger partial charge in [0, 0.05) is 24.5 Å². The summed E-state index contributed by atoms with van der Waals surface area (Å²) in [6, 6.07) is 11.8. The fourth-order valence-electron chi connectivity index (χ4n) is 4.51. The molecule has 0 aliphatic heterocycles. The molecule has 0 saturated heterocycles. The molecule has 4 rings (SSSR count). The Labute approximate surface area is 220 Å². The Kier molecular flexibility index (Phi) is 8.46. The average molecular weight is 522 g/mol. The highest BCUT2D eigenvalue weighted by atomic mass is 32.1. The van der Waals surface area contributed by atoms with Gasteiger partial charge in [0.25, 0.3) is 0 Å². The first kappa shape index (κ1) is 26.2. The van der Waals surface area contributed by atoms with Gasteiger partial charge in [-0.05, 0) is 60.4 Å². The SMILES string of the molecule is COc1cccc(C(C)CC(=O)Nc2sc3c(c2C#N)CCC(COC(=O)NCc2ccnn2C)C3)c1. The maximum Gasteiger partial charge on any atom is 0.407 e. The van der Waals surface area contributed by atoms with Crippen LogP contribution in [-0.2, 0) is 36.0 Å². The van der Waals surface area contributed by atoms with Crippen LogP contribution in [0.4, 0.5) is 9.80 Å². The molecule has 2 atom stereocenters. The number of nitriles is 1. The van der Waals surface area contributed by atoms with E-state index in [1.807, 2.05) is 44.3 Å². The van der Waals surface area contributed by atoms with Gasteiger partial charge >= 0.3 is 6.09 Å². The normalized spacial score (nSPS) is 15.2. The van der Waals surface area contributed by atoms with Gasteiger partial charge in [0.15, 0.2) is 0 Å². The molecule has 9 nitrogen and oxygen atoms in total. The highest BCUT2D eigenvalue weighted by Crippen LogP contribution is 2.39. The summed E-state index contributed by atoms with van der Waals surface area (Å²) in [5.41, 5.74) is 3.46. The molecule has 10 heteroatoms. The Morgan fingerprint density at radius 2 is 2.19 bits per heavy atom. The number of aryl methyl sites for hydroxylation is 1. The van der Waals surface area contributed by atoms with Gasteiger partial charge in [-0.1, -0.05) is 19.1 Å². The van der Waals surface area contributed by atoms with Crippen LogP contribution < -0.4 is 15.4 Å². The van der Waals surface area contributed by atoms with E-state index in [1.165, 1.54) is 11.3 Å². The smallest absolute Gasteiger partial charge is 0.407 e. The van der Waals surface area contributed by atoms with Gasteiger partial charge in [-0.15, -0.1) is 11.3 Å². The number of carbonyl (C=O) groups excluding carboxylic acids is 2. The van der Waals surface area contributed by atoms with Crippen LogP contribution in [0.25, 0.3) is 0 Å². The number of ether oxygens (including phenoxy) is 2. The number of hydrogen-bond donors (Lipinski definition) is 2. The molecule has 1 aromatic carbocycles.